The number of hydrogen-bond acceptors (Lipinski definition) is 2. The van der Waals surface area contributed by atoms with E-state index in [9.17, 15) is 9.59 Å². The summed E-state index contributed by atoms with van der Waals surface area (Å²) >= 11 is 8.98. The Morgan fingerprint density at radius 2 is 1.14 bits per heavy atom. The van der Waals surface area contributed by atoms with E-state index in [1.54, 1.807) is 0 Å². The molecule has 2 nitrogen and oxygen atoms in total. The van der Waals surface area contributed by atoms with E-state index in [1.165, 1.54) is 0 Å². The van der Waals surface area contributed by atoms with Crippen LogP contribution < -0.4 is 0 Å². The first-order valence-electron chi connectivity index (χ1n) is 1.04. The van der Waals surface area contributed by atoms with Gasteiger partial charge in [0.05, 0.1) is 0 Å². The van der Waals surface area contributed by atoms with Crippen molar-refractivity contribution in [3.8, 4) is 0 Å². The Balaban J connectivity index is 0. The third kappa shape index (κ3) is 6.45. The van der Waals surface area contributed by atoms with E-state index >= 15 is 0 Å². The molecular weight excluding hydrogens is 154 g/mol. The second-order valence-corrected chi connectivity index (χ2v) is 1.23. The molecule has 0 heterocycles. The number of halogens is 2. The lowest BCUT2D eigenvalue weighted by molar-refractivity contribution is -0.127. The van der Waals surface area contributed by atoms with Crippen LogP contribution in [0.3, 0.4) is 0 Å². The highest BCUT2D eigenvalue weighted by Crippen LogP contribution is 1.84. The van der Waals surface area contributed by atoms with Crippen molar-refractivity contribution in [1.82, 2.24) is 0 Å². The molecule has 0 saturated heterocycles. The second kappa shape index (κ2) is 4.61. The minimum absolute atomic E-state index is 0. The van der Waals surface area contributed by atoms with Crippen molar-refractivity contribution in [2.45, 2.75) is 0 Å². The molecule has 0 spiro atoms. The molecule has 0 aromatic carbocycles. The quantitative estimate of drug-likeness (QED) is 0.287. The maximum absolute atomic E-state index is 9.43. The molecule has 0 aromatic rings. The Bertz CT molecular complexity index is 79.7. The standard InChI is InChI=1S/C2Cl2O2.Al.3H/c3-1(5)2(4)6;;;;. The van der Waals surface area contributed by atoms with Gasteiger partial charge in [0.2, 0.25) is 0 Å². The third-order valence-electron chi connectivity index (χ3n) is 0.155. The number of carbonyl (C=O) groups excluding carboxylic acids is 2. The van der Waals surface area contributed by atoms with Crippen molar-refractivity contribution in [1.29, 1.82) is 0 Å². The zero-order valence-electron chi connectivity index (χ0n) is 2.57. The molecule has 0 saturated carbocycles. The van der Waals surface area contributed by atoms with Gasteiger partial charge in [-0.15, -0.1) is 0 Å². The first-order chi connectivity index (χ1) is 2.64. The van der Waals surface area contributed by atoms with Gasteiger partial charge in [-0.1, -0.05) is 0 Å². The first-order valence-corrected chi connectivity index (χ1v) is 1.79. The van der Waals surface area contributed by atoms with Crippen LogP contribution in [0.2, 0.25) is 0 Å². The fourth-order valence-electron chi connectivity index (χ4n) is 0. The Morgan fingerprint density at radius 1 is 1.00 bits per heavy atom. The summed E-state index contributed by atoms with van der Waals surface area (Å²) in [5.41, 5.74) is 0. The summed E-state index contributed by atoms with van der Waals surface area (Å²) in [6, 6.07) is 0. The van der Waals surface area contributed by atoms with Crippen LogP contribution in [-0.2, 0) is 9.59 Å². The molecule has 0 fully saturated rings. The van der Waals surface area contributed by atoms with Crippen molar-refractivity contribution >= 4 is 51.0 Å². The third-order valence-corrected chi connectivity index (χ3v) is 0.595. The Labute approximate surface area is 60.9 Å². The summed E-state index contributed by atoms with van der Waals surface area (Å²) in [5, 5.41) is -2.28. The highest BCUT2D eigenvalue weighted by Gasteiger charge is 2.01. The van der Waals surface area contributed by atoms with Crippen molar-refractivity contribution in [3.05, 3.63) is 0 Å². The minimum Gasteiger partial charge on any atom is -0.271 e. The van der Waals surface area contributed by atoms with Crippen LogP contribution in [0.5, 0.6) is 0 Å². The van der Waals surface area contributed by atoms with Gasteiger partial charge in [-0.05, 0) is 23.2 Å². The number of carbonyl (C=O) groups is 2. The Morgan fingerprint density at radius 3 is 1.14 bits per heavy atom. The molecular formula is C2H3AlCl2O2. The molecule has 5 heteroatoms. The lowest BCUT2D eigenvalue weighted by Crippen LogP contribution is -1.94. The van der Waals surface area contributed by atoms with Crippen molar-refractivity contribution in [2.75, 3.05) is 0 Å². The van der Waals surface area contributed by atoms with Gasteiger partial charge in [0.15, 0.2) is 17.4 Å². The average molecular weight is 157 g/mol. The molecule has 0 aromatic heterocycles. The van der Waals surface area contributed by atoms with E-state index in [4.69, 9.17) is 0 Å². The second-order valence-electron chi connectivity index (χ2n) is 0.547. The summed E-state index contributed by atoms with van der Waals surface area (Å²) in [5.74, 6) is 0. The summed E-state index contributed by atoms with van der Waals surface area (Å²) in [6.45, 7) is 0. The molecule has 7 heavy (non-hydrogen) atoms. The molecule has 40 valence electrons. The van der Waals surface area contributed by atoms with Crippen LogP contribution >= 0.6 is 23.2 Å². The van der Waals surface area contributed by atoms with Crippen LogP contribution in [0, 0.1) is 0 Å². The van der Waals surface area contributed by atoms with Gasteiger partial charge in [0, 0.05) is 0 Å². The van der Waals surface area contributed by atoms with Gasteiger partial charge in [-0.3, -0.25) is 9.59 Å². The maximum Gasteiger partial charge on any atom is 0.304 e. The van der Waals surface area contributed by atoms with Gasteiger partial charge in [0.1, 0.15) is 0 Å². The van der Waals surface area contributed by atoms with E-state index in [0.717, 1.165) is 0 Å². The van der Waals surface area contributed by atoms with E-state index in [1.807, 2.05) is 0 Å². The largest absolute Gasteiger partial charge is 0.304 e. The van der Waals surface area contributed by atoms with Crippen LogP contribution in [0.4, 0.5) is 0 Å². The molecule has 0 N–H and O–H groups in total. The zero-order chi connectivity index (χ0) is 5.15. The highest BCUT2D eigenvalue weighted by molar-refractivity contribution is 6.97. The average Bonchev–Trinajstić information content (AvgIpc) is 1.36. The number of hydrogen-bond donors (Lipinski definition) is 0. The normalized spacial score (nSPS) is 6.57. The van der Waals surface area contributed by atoms with Crippen molar-refractivity contribution in [3.63, 3.8) is 0 Å². The van der Waals surface area contributed by atoms with E-state index < -0.39 is 10.5 Å². The Hall–Kier alpha value is 0.452. The molecule has 0 atom stereocenters. The summed E-state index contributed by atoms with van der Waals surface area (Å²) in [7, 11) is 0. The van der Waals surface area contributed by atoms with E-state index in [-0.39, 0.29) is 17.4 Å². The van der Waals surface area contributed by atoms with Crippen LogP contribution in [0.25, 0.3) is 0 Å². The summed E-state index contributed by atoms with van der Waals surface area (Å²) in [4.78, 5) is 18.9. The molecule has 0 radical (unpaired) electrons. The first kappa shape index (κ1) is 10.4. The molecule has 0 rings (SSSR count). The smallest absolute Gasteiger partial charge is 0.271 e. The van der Waals surface area contributed by atoms with Gasteiger partial charge < -0.3 is 0 Å². The van der Waals surface area contributed by atoms with E-state index in [2.05, 4.69) is 23.2 Å². The number of rotatable bonds is 1. The van der Waals surface area contributed by atoms with Crippen molar-refractivity contribution in [2.24, 2.45) is 0 Å². The predicted molar refractivity (Wildman–Crippen MR) is 31.7 cm³/mol. The molecule has 0 aliphatic rings. The monoisotopic (exact) mass is 156 g/mol. The van der Waals surface area contributed by atoms with Crippen LogP contribution in [-0.4, -0.2) is 27.8 Å². The minimum atomic E-state index is -1.14. The van der Waals surface area contributed by atoms with Gasteiger partial charge >= 0.3 is 10.5 Å². The summed E-state index contributed by atoms with van der Waals surface area (Å²) < 4.78 is 0. The maximum atomic E-state index is 9.43. The van der Waals surface area contributed by atoms with Crippen LogP contribution in [0.15, 0.2) is 0 Å². The highest BCUT2D eigenvalue weighted by atomic mass is 35.5. The van der Waals surface area contributed by atoms with Gasteiger partial charge in [-0.2, -0.15) is 0 Å². The molecule has 0 aliphatic heterocycles. The van der Waals surface area contributed by atoms with Gasteiger partial charge in [-0.25, -0.2) is 0 Å². The predicted octanol–water partition coefficient (Wildman–Crippen LogP) is -0.667. The zero-order valence-corrected chi connectivity index (χ0v) is 4.08. The fourth-order valence-corrected chi connectivity index (χ4v) is 0. The Kier molecular flexibility index (Phi) is 6.87. The van der Waals surface area contributed by atoms with Gasteiger partial charge in [0.25, 0.3) is 0 Å². The lowest BCUT2D eigenvalue weighted by atomic mass is 10.9. The fraction of sp³-hybridized carbons (Fsp3) is 0. The molecule has 0 aliphatic carbocycles. The van der Waals surface area contributed by atoms with Crippen molar-refractivity contribution < 1.29 is 9.59 Å². The molecule has 0 bridgehead atoms. The lowest BCUT2D eigenvalue weighted by Gasteiger charge is -1.67. The van der Waals surface area contributed by atoms with E-state index in [0.29, 0.717) is 0 Å². The molecule has 0 amide bonds. The van der Waals surface area contributed by atoms with Crippen LogP contribution in [0.1, 0.15) is 0 Å². The summed E-state index contributed by atoms with van der Waals surface area (Å²) in [6.07, 6.45) is 0. The molecule has 0 unspecified atom stereocenters. The topological polar surface area (TPSA) is 34.1 Å². The SMILES string of the molecule is O=C(Cl)C(=O)Cl.[AlH3].